The van der Waals surface area contributed by atoms with Crippen LogP contribution in [0.4, 0.5) is 4.79 Å². The van der Waals surface area contributed by atoms with Crippen LogP contribution in [0.1, 0.15) is 44.4 Å². The van der Waals surface area contributed by atoms with Crippen LogP contribution in [0.25, 0.3) is 0 Å². The molecule has 0 spiro atoms. The average Bonchev–Trinajstić information content (AvgIpc) is 2.60. The number of hydrogen-bond donors (Lipinski definition) is 1. The van der Waals surface area contributed by atoms with Gasteiger partial charge in [-0.1, -0.05) is 24.3 Å². The Kier molecular flexibility index (Phi) is 2.86. The van der Waals surface area contributed by atoms with Gasteiger partial charge in [0.15, 0.2) is 0 Å². The highest BCUT2D eigenvalue weighted by atomic mass is 16.4. The van der Waals surface area contributed by atoms with Crippen LogP contribution in [-0.2, 0) is 6.42 Å². The number of nitrogens with zero attached hydrogens (tertiary/aromatic N) is 1. The Bertz CT molecular complexity index is 434. The first-order valence-corrected chi connectivity index (χ1v) is 6.01. The van der Waals surface area contributed by atoms with E-state index in [-0.39, 0.29) is 11.6 Å². The second kappa shape index (κ2) is 4.06. The van der Waals surface area contributed by atoms with E-state index in [2.05, 4.69) is 12.1 Å². The van der Waals surface area contributed by atoms with Gasteiger partial charge in [0.2, 0.25) is 0 Å². The van der Waals surface area contributed by atoms with E-state index in [0.717, 1.165) is 12.8 Å². The summed E-state index contributed by atoms with van der Waals surface area (Å²) in [7, 11) is 0. The average molecular weight is 233 g/mol. The molecule has 92 valence electrons. The van der Waals surface area contributed by atoms with Crippen molar-refractivity contribution < 1.29 is 9.90 Å². The number of rotatable bonds is 1. The highest BCUT2D eigenvalue weighted by molar-refractivity contribution is 5.67. The molecule has 0 aromatic heterocycles. The molecule has 1 aromatic rings. The molecule has 1 amide bonds. The van der Waals surface area contributed by atoms with E-state index >= 15 is 0 Å². The van der Waals surface area contributed by atoms with Gasteiger partial charge in [-0.2, -0.15) is 0 Å². The predicted octanol–water partition coefficient (Wildman–Crippen LogP) is 3.45. The zero-order chi connectivity index (χ0) is 12.6. The van der Waals surface area contributed by atoms with Crippen LogP contribution in [-0.4, -0.2) is 21.6 Å². The van der Waals surface area contributed by atoms with Gasteiger partial charge in [0.05, 0.1) is 6.04 Å². The summed E-state index contributed by atoms with van der Waals surface area (Å²) in [6.45, 7) is 5.84. The minimum atomic E-state index is -0.834. The van der Waals surface area contributed by atoms with Crippen LogP contribution in [0.3, 0.4) is 0 Å². The standard InChI is InChI=1S/C14H19NO2/c1-14(2,3)15(13(16)17)12-9-8-10-6-4-5-7-11(10)12/h4-7,12H,8-9H2,1-3H3,(H,16,17)/t12-/m0/s1. The number of hydrogen-bond acceptors (Lipinski definition) is 1. The highest BCUT2D eigenvalue weighted by Crippen LogP contribution is 2.38. The highest BCUT2D eigenvalue weighted by Gasteiger charge is 2.37. The Morgan fingerprint density at radius 3 is 2.59 bits per heavy atom. The van der Waals surface area contributed by atoms with Gasteiger partial charge in [0, 0.05) is 5.54 Å². The third-order valence-electron chi connectivity index (χ3n) is 3.34. The predicted molar refractivity (Wildman–Crippen MR) is 67.1 cm³/mol. The summed E-state index contributed by atoms with van der Waals surface area (Å²) in [6, 6.07) is 8.15. The number of carbonyl (C=O) groups is 1. The molecule has 3 nitrogen and oxygen atoms in total. The van der Waals surface area contributed by atoms with E-state index in [1.807, 2.05) is 32.9 Å². The van der Waals surface area contributed by atoms with Gasteiger partial charge in [-0.15, -0.1) is 0 Å². The summed E-state index contributed by atoms with van der Waals surface area (Å²) in [5.41, 5.74) is 2.09. The molecular formula is C14H19NO2. The molecule has 0 bridgehead atoms. The molecule has 0 radical (unpaired) electrons. The van der Waals surface area contributed by atoms with Gasteiger partial charge in [-0.05, 0) is 44.7 Å². The molecule has 0 unspecified atom stereocenters. The van der Waals surface area contributed by atoms with Gasteiger partial charge >= 0.3 is 6.09 Å². The lowest BCUT2D eigenvalue weighted by molar-refractivity contribution is 0.0701. The molecule has 1 aromatic carbocycles. The van der Waals surface area contributed by atoms with Crippen molar-refractivity contribution in [3.8, 4) is 0 Å². The molecule has 0 saturated heterocycles. The lowest BCUT2D eigenvalue weighted by atomic mass is 10.00. The second-order valence-corrected chi connectivity index (χ2v) is 5.58. The monoisotopic (exact) mass is 233 g/mol. The van der Waals surface area contributed by atoms with Crippen LogP contribution >= 0.6 is 0 Å². The third kappa shape index (κ3) is 2.14. The quantitative estimate of drug-likeness (QED) is 0.807. The van der Waals surface area contributed by atoms with Crippen LogP contribution < -0.4 is 0 Å². The summed E-state index contributed by atoms with van der Waals surface area (Å²) in [5.74, 6) is 0. The SMILES string of the molecule is CC(C)(C)N(C(=O)O)[C@H]1CCc2ccccc21. The van der Waals surface area contributed by atoms with Crippen molar-refractivity contribution in [1.82, 2.24) is 4.90 Å². The molecule has 1 aliphatic rings. The minimum Gasteiger partial charge on any atom is -0.465 e. The lowest BCUT2D eigenvalue weighted by Gasteiger charge is -2.38. The van der Waals surface area contributed by atoms with Crippen molar-refractivity contribution >= 4 is 6.09 Å². The zero-order valence-corrected chi connectivity index (χ0v) is 10.6. The van der Waals surface area contributed by atoms with Crippen LogP contribution in [0.2, 0.25) is 0 Å². The molecule has 1 aliphatic carbocycles. The Labute approximate surface area is 102 Å². The number of benzene rings is 1. The van der Waals surface area contributed by atoms with Gasteiger partial charge in [-0.3, -0.25) is 4.90 Å². The van der Waals surface area contributed by atoms with E-state index in [4.69, 9.17) is 0 Å². The van der Waals surface area contributed by atoms with Crippen LogP contribution in [0.15, 0.2) is 24.3 Å². The van der Waals surface area contributed by atoms with Crippen LogP contribution in [0.5, 0.6) is 0 Å². The summed E-state index contributed by atoms with van der Waals surface area (Å²) < 4.78 is 0. The largest absolute Gasteiger partial charge is 0.465 e. The number of fused-ring (bicyclic) bond motifs is 1. The number of carboxylic acid groups (broad SMARTS) is 1. The zero-order valence-electron chi connectivity index (χ0n) is 10.6. The maximum Gasteiger partial charge on any atom is 0.408 e. The first kappa shape index (κ1) is 12.0. The van der Waals surface area contributed by atoms with Gasteiger partial charge in [0.25, 0.3) is 0 Å². The van der Waals surface area contributed by atoms with Gasteiger partial charge < -0.3 is 5.11 Å². The topological polar surface area (TPSA) is 40.5 Å². The normalized spacial score (nSPS) is 18.9. The summed E-state index contributed by atoms with van der Waals surface area (Å²) in [4.78, 5) is 13.1. The molecule has 0 heterocycles. The van der Waals surface area contributed by atoms with Crippen LogP contribution in [0, 0.1) is 0 Å². The molecule has 1 N–H and O–H groups in total. The first-order valence-electron chi connectivity index (χ1n) is 6.01. The smallest absolute Gasteiger partial charge is 0.408 e. The Morgan fingerprint density at radius 2 is 2.00 bits per heavy atom. The Balaban J connectivity index is 2.38. The molecule has 0 aliphatic heterocycles. The lowest BCUT2D eigenvalue weighted by Crippen LogP contribution is -2.46. The van der Waals surface area contributed by atoms with E-state index in [0.29, 0.717) is 0 Å². The number of amides is 1. The van der Waals surface area contributed by atoms with Gasteiger partial charge in [-0.25, -0.2) is 4.79 Å². The maximum absolute atomic E-state index is 11.5. The second-order valence-electron chi connectivity index (χ2n) is 5.58. The fourth-order valence-corrected chi connectivity index (χ4v) is 2.69. The summed E-state index contributed by atoms with van der Waals surface area (Å²) >= 11 is 0. The van der Waals surface area contributed by atoms with E-state index in [1.165, 1.54) is 11.1 Å². The van der Waals surface area contributed by atoms with E-state index in [1.54, 1.807) is 4.90 Å². The van der Waals surface area contributed by atoms with E-state index in [9.17, 15) is 9.90 Å². The van der Waals surface area contributed by atoms with Crippen molar-refractivity contribution in [1.29, 1.82) is 0 Å². The van der Waals surface area contributed by atoms with Gasteiger partial charge in [0.1, 0.15) is 0 Å². The fourth-order valence-electron chi connectivity index (χ4n) is 2.69. The molecular weight excluding hydrogens is 214 g/mol. The molecule has 1 atom stereocenters. The Morgan fingerprint density at radius 1 is 1.35 bits per heavy atom. The van der Waals surface area contributed by atoms with Crippen molar-refractivity contribution in [3.63, 3.8) is 0 Å². The molecule has 0 fully saturated rings. The molecule has 17 heavy (non-hydrogen) atoms. The first-order chi connectivity index (χ1) is 7.91. The third-order valence-corrected chi connectivity index (χ3v) is 3.34. The van der Waals surface area contributed by atoms with Crippen molar-refractivity contribution in [2.75, 3.05) is 0 Å². The molecule has 2 rings (SSSR count). The summed E-state index contributed by atoms with van der Waals surface area (Å²) in [6.07, 6.45) is 1.03. The Hall–Kier alpha value is -1.51. The maximum atomic E-state index is 11.5. The fraction of sp³-hybridized carbons (Fsp3) is 0.500. The van der Waals surface area contributed by atoms with Crippen molar-refractivity contribution in [2.45, 2.75) is 45.2 Å². The molecule has 3 heteroatoms. The number of aryl methyl sites for hydroxylation is 1. The molecule has 0 saturated carbocycles. The van der Waals surface area contributed by atoms with Crippen molar-refractivity contribution in [3.05, 3.63) is 35.4 Å². The summed E-state index contributed by atoms with van der Waals surface area (Å²) in [5, 5.41) is 9.42. The minimum absolute atomic E-state index is 0.00343. The van der Waals surface area contributed by atoms with Crippen molar-refractivity contribution in [2.24, 2.45) is 0 Å². The van der Waals surface area contributed by atoms with E-state index < -0.39 is 6.09 Å².